The van der Waals surface area contributed by atoms with E-state index in [4.69, 9.17) is 5.11 Å². The van der Waals surface area contributed by atoms with E-state index in [1.807, 2.05) is 0 Å². The number of likely N-dealkylation sites (N-methyl/N-ethyl adjacent to an activating group) is 1. The molecule has 0 saturated carbocycles. The molecular formula is C11H12N2O3. The van der Waals surface area contributed by atoms with Crippen LogP contribution < -0.4 is 0 Å². The summed E-state index contributed by atoms with van der Waals surface area (Å²) in [4.78, 5) is 26.7. The van der Waals surface area contributed by atoms with Gasteiger partial charge in [0.1, 0.15) is 6.54 Å². The van der Waals surface area contributed by atoms with Crippen molar-refractivity contribution in [2.75, 3.05) is 13.6 Å². The third kappa shape index (κ3) is 3.91. The smallest absolute Gasteiger partial charge is 0.323 e. The van der Waals surface area contributed by atoms with Crippen LogP contribution in [-0.4, -0.2) is 40.5 Å². The maximum Gasteiger partial charge on any atom is 0.323 e. The first kappa shape index (κ1) is 11.9. The molecule has 5 heteroatoms. The second-order valence-corrected chi connectivity index (χ2v) is 3.20. The molecule has 0 saturated heterocycles. The number of rotatable bonds is 4. The van der Waals surface area contributed by atoms with E-state index >= 15 is 0 Å². The van der Waals surface area contributed by atoms with Crippen molar-refractivity contribution >= 4 is 18.0 Å². The van der Waals surface area contributed by atoms with Gasteiger partial charge < -0.3 is 10.0 Å². The Morgan fingerprint density at radius 2 is 2.06 bits per heavy atom. The number of aromatic nitrogens is 1. The van der Waals surface area contributed by atoms with Gasteiger partial charge in [-0.1, -0.05) is 0 Å². The number of carboxylic acids is 1. The highest BCUT2D eigenvalue weighted by atomic mass is 16.4. The summed E-state index contributed by atoms with van der Waals surface area (Å²) < 4.78 is 0. The van der Waals surface area contributed by atoms with Crippen molar-refractivity contribution in [1.29, 1.82) is 0 Å². The lowest BCUT2D eigenvalue weighted by molar-refractivity contribution is -0.141. The standard InChI is InChI=1S/C11H12N2O3/c1-13(8-11(15)16)10(14)3-2-9-4-6-12-7-5-9/h2-7H,8H2,1H3,(H,15,16)/b3-2-. The normalized spacial score (nSPS) is 10.3. The Labute approximate surface area is 93.0 Å². The van der Waals surface area contributed by atoms with Crippen LogP contribution >= 0.6 is 0 Å². The number of nitrogens with zero attached hydrogens (tertiary/aromatic N) is 2. The van der Waals surface area contributed by atoms with E-state index in [-0.39, 0.29) is 12.5 Å². The molecule has 1 heterocycles. The minimum atomic E-state index is -1.03. The quantitative estimate of drug-likeness (QED) is 0.756. The van der Waals surface area contributed by atoms with Crippen LogP contribution in [-0.2, 0) is 9.59 Å². The summed E-state index contributed by atoms with van der Waals surface area (Å²) in [6, 6.07) is 3.50. The Balaban J connectivity index is 2.57. The lowest BCUT2D eigenvalue weighted by Crippen LogP contribution is -2.30. The van der Waals surface area contributed by atoms with Gasteiger partial charge in [0.15, 0.2) is 0 Å². The highest BCUT2D eigenvalue weighted by molar-refractivity contribution is 5.93. The molecule has 0 aliphatic carbocycles. The SMILES string of the molecule is CN(CC(=O)O)C(=O)/C=C\c1ccncc1. The van der Waals surface area contributed by atoms with Crippen molar-refractivity contribution in [3.05, 3.63) is 36.2 Å². The number of pyridine rings is 1. The van der Waals surface area contributed by atoms with Crippen molar-refractivity contribution < 1.29 is 14.7 Å². The minimum absolute atomic E-state index is 0.306. The monoisotopic (exact) mass is 220 g/mol. The van der Waals surface area contributed by atoms with Gasteiger partial charge in [-0.25, -0.2) is 0 Å². The third-order valence-electron chi connectivity index (χ3n) is 1.87. The number of carboxylic acid groups (broad SMARTS) is 1. The van der Waals surface area contributed by atoms with Crippen LogP contribution in [0.5, 0.6) is 0 Å². The fraction of sp³-hybridized carbons (Fsp3) is 0.182. The molecule has 1 aromatic heterocycles. The van der Waals surface area contributed by atoms with E-state index in [1.54, 1.807) is 30.6 Å². The van der Waals surface area contributed by atoms with Crippen LogP contribution in [0.25, 0.3) is 6.08 Å². The molecule has 5 nitrogen and oxygen atoms in total. The molecule has 0 unspecified atom stereocenters. The van der Waals surface area contributed by atoms with E-state index < -0.39 is 5.97 Å². The molecular weight excluding hydrogens is 208 g/mol. The van der Waals surface area contributed by atoms with Crippen molar-refractivity contribution in [2.24, 2.45) is 0 Å². The molecule has 1 aromatic rings. The fourth-order valence-electron chi connectivity index (χ4n) is 1.05. The zero-order valence-electron chi connectivity index (χ0n) is 8.83. The van der Waals surface area contributed by atoms with E-state index in [0.717, 1.165) is 10.5 Å². The first-order valence-corrected chi connectivity index (χ1v) is 4.64. The van der Waals surface area contributed by atoms with Crippen LogP contribution in [0.4, 0.5) is 0 Å². The molecule has 0 fully saturated rings. The van der Waals surface area contributed by atoms with Gasteiger partial charge in [-0.2, -0.15) is 0 Å². The van der Waals surface area contributed by atoms with Gasteiger partial charge in [0.2, 0.25) is 5.91 Å². The molecule has 0 aliphatic heterocycles. The van der Waals surface area contributed by atoms with Gasteiger partial charge >= 0.3 is 5.97 Å². The third-order valence-corrected chi connectivity index (χ3v) is 1.87. The van der Waals surface area contributed by atoms with Crippen LogP contribution in [0.3, 0.4) is 0 Å². The Morgan fingerprint density at radius 3 is 2.62 bits per heavy atom. The van der Waals surface area contributed by atoms with Gasteiger partial charge in [0, 0.05) is 25.5 Å². The summed E-state index contributed by atoms with van der Waals surface area (Å²) >= 11 is 0. The van der Waals surface area contributed by atoms with Gasteiger partial charge in [-0.3, -0.25) is 14.6 Å². The molecule has 0 atom stereocenters. The summed E-state index contributed by atoms with van der Waals surface area (Å²) in [5.74, 6) is -1.38. The first-order valence-electron chi connectivity index (χ1n) is 4.64. The summed E-state index contributed by atoms with van der Waals surface area (Å²) in [6.07, 6.45) is 6.18. The Bertz CT molecular complexity index is 401. The molecule has 1 N–H and O–H groups in total. The highest BCUT2D eigenvalue weighted by Gasteiger charge is 2.08. The predicted octanol–water partition coefficient (Wildman–Crippen LogP) is 0.638. The summed E-state index contributed by atoms with van der Waals surface area (Å²) in [6.45, 7) is -0.306. The average Bonchev–Trinajstić information content (AvgIpc) is 2.26. The topological polar surface area (TPSA) is 70.5 Å². The number of hydrogen-bond donors (Lipinski definition) is 1. The Morgan fingerprint density at radius 1 is 1.44 bits per heavy atom. The van der Waals surface area contributed by atoms with E-state index in [1.165, 1.54) is 13.1 Å². The van der Waals surface area contributed by atoms with Crippen molar-refractivity contribution in [3.63, 3.8) is 0 Å². The Kier molecular flexibility index (Phi) is 4.20. The summed E-state index contributed by atoms with van der Waals surface area (Å²) in [7, 11) is 1.44. The van der Waals surface area contributed by atoms with Crippen molar-refractivity contribution in [1.82, 2.24) is 9.88 Å². The molecule has 0 aromatic carbocycles. The van der Waals surface area contributed by atoms with Gasteiger partial charge in [-0.05, 0) is 23.8 Å². The van der Waals surface area contributed by atoms with Gasteiger partial charge in [0.05, 0.1) is 0 Å². The second-order valence-electron chi connectivity index (χ2n) is 3.20. The molecule has 0 aliphatic rings. The molecule has 0 spiro atoms. The van der Waals surface area contributed by atoms with Gasteiger partial charge in [0.25, 0.3) is 0 Å². The van der Waals surface area contributed by atoms with Crippen LogP contribution in [0.15, 0.2) is 30.6 Å². The predicted molar refractivity (Wildman–Crippen MR) is 58.5 cm³/mol. The van der Waals surface area contributed by atoms with Crippen molar-refractivity contribution in [3.8, 4) is 0 Å². The lowest BCUT2D eigenvalue weighted by Gasteiger charge is -2.11. The average molecular weight is 220 g/mol. The van der Waals surface area contributed by atoms with Crippen molar-refractivity contribution in [2.45, 2.75) is 0 Å². The lowest BCUT2D eigenvalue weighted by atomic mass is 10.2. The molecule has 0 radical (unpaired) electrons. The fourth-order valence-corrected chi connectivity index (χ4v) is 1.05. The highest BCUT2D eigenvalue weighted by Crippen LogP contribution is 1.99. The molecule has 0 bridgehead atoms. The summed E-state index contributed by atoms with van der Waals surface area (Å²) in [5, 5.41) is 8.49. The molecule has 1 amide bonds. The zero-order chi connectivity index (χ0) is 12.0. The largest absolute Gasteiger partial charge is 0.480 e. The van der Waals surface area contributed by atoms with Crippen LogP contribution in [0.2, 0.25) is 0 Å². The summed E-state index contributed by atoms with van der Waals surface area (Å²) in [5.41, 5.74) is 0.840. The van der Waals surface area contributed by atoms with E-state index in [2.05, 4.69) is 4.98 Å². The van der Waals surface area contributed by atoms with Crippen LogP contribution in [0, 0.1) is 0 Å². The molecule has 16 heavy (non-hydrogen) atoms. The number of hydrogen-bond acceptors (Lipinski definition) is 3. The number of aliphatic carboxylic acids is 1. The number of amides is 1. The maximum atomic E-state index is 11.4. The van der Waals surface area contributed by atoms with Gasteiger partial charge in [-0.15, -0.1) is 0 Å². The molecule has 84 valence electrons. The minimum Gasteiger partial charge on any atom is -0.480 e. The van der Waals surface area contributed by atoms with Crippen LogP contribution in [0.1, 0.15) is 5.56 Å². The Hall–Kier alpha value is -2.17. The zero-order valence-corrected chi connectivity index (χ0v) is 8.83. The number of carbonyl (C=O) groups is 2. The maximum absolute atomic E-state index is 11.4. The number of carbonyl (C=O) groups excluding carboxylic acids is 1. The van der Waals surface area contributed by atoms with E-state index in [9.17, 15) is 9.59 Å². The first-order chi connectivity index (χ1) is 7.59. The van der Waals surface area contributed by atoms with E-state index in [0.29, 0.717) is 0 Å². The molecule has 1 rings (SSSR count). The second kappa shape index (κ2) is 5.65.